The molecule has 0 radical (unpaired) electrons. The molecule has 3 rings (SSSR count). The van der Waals surface area contributed by atoms with Crippen LogP contribution in [-0.4, -0.2) is 41.4 Å². The Morgan fingerprint density at radius 3 is 2.27 bits per heavy atom. The minimum Gasteiger partial charge on any atom is -0.747 e. The van der Waals surface area contributed by atoms with Crippen LogP contribution in [0, 0.1) is 24.9 Å². The van der Waals surface area contributed by atoms with Crippen molar-refractivity contribution in [2.45, 2.75) is 0 Å². The van der Waals surface area contributed by atoms with E-state index in [1.165, 1.54) is 23.1 Å². The molecule has 11 heteroatoms. The van der Waals surface area contributed by atoms with Crippen LogP contribution in [0.4, 0.5) is 5.69 Å². The number of para-hydroxylation sites is 1. The van der Waals surface area contributed by atoms with Gasteiger partial charge in [-0.25, -0.2) is 23.1 Å². The van der Waals surface area contributed by atoms with Crippen LogP contribution < -0.4 is 39.2 Å². The van der Waals surface area contributed by atoms with Gasteiger partial charge < -0.3 is 9.29 Å². The molecule has 0 unspecified atom stereocenters. The first kappa shape index (κ1) is 25.9. The number of hydrogen-bond acceptors (Lipinski definition) is 8. The maximum Gasteiger partial charge on any atom is 1.00 e. The number of amides is 1. The molecule has 0 atom stereocenters. The maximum absolute atomic E-state index is 12.7. The second-order valence-corrected chi connectivity index (χ2v) is 7.66. The summed E-state index contributed by atoms with van der Waals surface area (Å²) in [6.07, 6.45) is 11.9. The van der Waals surface area contributed by atoms with Crippen LogP contribution in [-0.2, 0) is 19.7 Å². The van der Waals surface area contributed by atoms with E-state index in [1.807, 2.05) is 0 Å². The standard InChI is InChI=1S/C22H15N3O6S.Na/c1-3-24(4-2)17-12-10-16(11-13-17)14-19-20(22(27)31-18-8-6-5-7-9-18)23-25(21(19)26)15-32(28,29)30;/h1-2,5-14H,15H2,(H,28,29,30);/q;+1/p-1. The molecule has 0 aliphatic carbocycles. The molecule has 0 aromatic heterocycles. The summed E-state index contributed by atoms with van der Waals surface area (Å²) in [6, 6.07) is 18.9. The van der Waals surface area contributed by atoms with Gasteiger partial charge in [-0.1, -0.05) is 43.2 Å². The molecular formula is C22H14N3NaO6S. The van der Waals surface area contributed by atoms with Crippen molar-refractivity contribution in [1.29, 1.82) is 0 Å². The smallest absolute Gasteiger partial charge is 0.747 e. The minimum absolute atomic E-state index is 0. The first-order valence-electron chi connectivity index (χ1n) is 8.88. The van der Waals surface area contributed by atoms with E-state index < -0.39 is 33.6 Å². The van der Waals surface area contributed by atoms with E-state index in [0.29, 0.717) is 16.3 Å². The van der Waals surface area contributed by atoms with E-state index in [9.17, 15) is 22.6 Å². The zero-order valence-electron chi connectivity index (χ0n) is 17.3. The van der Waals surface area contributed by atoms with Crippen LogP contribution in [0.3, 0.4) is 0 Å². The second-order valence-electron chi connectivity index (χ2n) is 6.29. The first-order chi connectivity index (χ1) is 15.2. The normalized spacial score (nSPS) is 14.0. The maximum atomic E-state index is 12.7. The van der Waals surface area contributed by atoms with Crippen molar-refractivity contribution < 1.29 is 56.9 Å². The molecule has 0 saturated heterocycles. The summed E-state index contributed by atoms with van der Waals surface area (Å²) in [5.74, 6) is -2.98. The van der Waals surface area contributed by atoms with E-state index in [1.54, 1.807) is 42.5 Å². The number of rotatable bonds is 6. The van der Waals surface area contributed by atoms with E-state index in [2.05, 4.69) is 17.2 Å². The van der Waals surface area contributed by atoms with Gasteiger partial charge in [0.1, 0.15) is 21.7 Å². The number of terminal acetylenes is 2. The number of carbonyl (C=O) groups excluding carboxylic acids is 2. The van der Waals surface area contributed by atoms with Gasteiger partial charge in [0.05, 0.1) is 11.3 Å². The molecule has 0 fully saturated rings. The van der Waals surface area contributed by atoms with Crippen molar-refractivity contribution in [3.8, 4) is 30.7 Å². The third-order valence-electron chi connectivity index (χ3n) is 4.09. The Balaban J connectivity index is 0.00000385. The zero-order chi connectivity index (χ0) is 23.3. The van der Waals surface area contributed by atoms with Crippen molar-refractivity contribution in [1.82, 2.24) is 5.01 Å². The van der Waals surface area contributed by atoms with Gasteiger partial charge >= 0.3 is 35.5 Å². The Labute approximate surface area is 212 Å². The van der Waals surface area contributed by atoms with Crippen molar-refractivity contribution in [3.05, 3.63) is 65.7 Å². The number of benzene rings is 2. The Morgan fingerprint density at radius 2 is 1.73 bits per heavy atom. The fraction of sp³-hybridized carbons (Fsp3) is 0.0455. The molecule has 1 heterocycles. The molecule has 2 aromatic rings. The Hall–Kier alpha value is -3.38. The van der Waals surface area contributed by atoms with Crippen molar-refractivity contribution in [2.24, 2.45) is 5.10 Å². The molecule has 9 nitrogen and oxygen atoms in total. The van der Waals surface area contributed by atoms with Gasteiger partial charge in [0.15, 0.2) is 5.71 Å². The van der Waals surface area contributed by atoms with Gasteiger partial charge in [0.25, 0.3) is 5.91 Å². The summed E-state index contributed by atoms with van der Waals surface area (Å²) in [5, 5.41) is 4.12. The predicted octanol–water partition coefficient (Wildman–Crippen LogP) is -1.63. The Morgan fingerprint density at radius 1 is 1.12 bits per heavy atom. The first-order valence-corrected chi connectivity index (χ1v) is 10.5. The summed E-state index contributed by atoms with van der Waals surface area (Å²) in [5.41, 5.74) is 0.290. The molecule has 160 valence electrons. The molecule has 0 spiro atoms. The van der Waals surface area contributed by atoms with E-state index in [4.69, 9.17) is 17.6 Å². The summed E-state index contributed by atoms with van der Waals surface area (Å²) >= 11 is 0. The molecule has 0 N–H and O–H groups in total. The molecule has 0 saturated carbocycles. The van der Waals surface area contributed by atoms with Crippen LogP contribution in [0.15, 0.2) is 65.3 Å². The van der Waals surface area contributed by atoms with Crippen molar-refractivity contribution in [3.63, 3.8) is 0 Å². The van der Waals surface area contributed by atoms with Crippen molar-refractivity contribution >= 4 is 39.5 Å². The van der Waals surface area contributed by atoms with E-state index in [-0.39, 0.29) is 40.9 Å². The molecule has 1 aliphatic rings. The summed E-state index contributed by atoms with van der Waals surface area (Å²) in [7, 11) is -4.84. The van der Waals surface area contributed by atoms with E-state index >= 15 is 0 Å². The summed E-state index contributed by atoms with van der Waals surface area (Å²) in [4.78, 5) is 26.5. The number of nitrogens with zero attached hydrogens (tertiary/aromatic N) is 3. The Kier molecular flexibility index (Phi) is 8.60. The SMILES string of the molecule is C#CN(C#C)c1ccc(C=C2C(=O)N(CS(=O)(=O)[O-])N=C2C(=O)Oc2ccccc2)cc1.[Na+]. The fourth-order valence-electron chi connectivity index (χ4n) is 2.69. The molecule has 33 heavy (non-hydrogen) atoms. The number of hydrazone groups is 1. The third-order valence-corrected chi connectivity index (χ3v) is 4.65. The van der Waals surface area contributed by atoms with Crippen LogP contribution in [0.25, 0.3) is 6.08 Å². The van der Waals surface area contributed by atoms with Gasteiger partial charge in [-0.05, 0) is 35.9 Å². The van der Waals surface area contributed by atoms with Crippen LogP contribution in [0.1, 0.15) is 5.56 Å². The van der Waals surface area contributed by atoms with Gasteiger partial charge in [0, 0.05) is 12.1 Å². The van der Waals surface area contributed by atoms with Crippen LogP contribution >= 0.6 is 0 Å². The van der Waals surface area contributed by atoms with Gasteiger partial charge in [-0.2, -0.15) is 5.10 Å². The topological polar surface area (TPSA) is 119 Å². The largest absolute Gasteiger partial charge is 1.00 e. The summed E-state index contributed by atoms with van der Waals surface area (Å²) < 4.78 is 38.6. The average Bonchev–Trinajstić information content (AvgIpc) is 3.05. The molecule has 1 aliphatic heterocycles. The Bertz CT molecular complexity index is 1290. The fourth-order valence-corrected chi connectivity index (χ4v) is 3.17. The number of hydrogen-bond donors (Lipinski definition) is 0. The summed E-state index contributed by atoms with van der Waals surface area (Å²) in [6.45, 7) is 0. The minimum atomic E-state index is -4.84. The molecule has 2 aromatic carbocycles. The van der Waals surface area contributed by atoms with Gasteiger partial charge in [0.2, 0.25) is 0 Å². The number of esters is 1. The number of ether oxygens (including phenoxy) is 1. The molecule has 1 amide bonds. The number of carbonyl (C=O) groups is 2. The van der Waals surface area contributed by atoms with Crippen molar-refractivity contribution in [2.75, 3.05) is 10.8 Å². The average molecular weight is 471 g/mol. The van der Waals surface area contributed by atoms with Crippen LogP contribution in [0.2, 0.25) is 0 Å². The van der Waals surface area contributed by atoms with E-state index in [0.717, 1.165) is 0 Å². The van der Waals surface area contributed by atoms with Crippen LogP contribution in [0.5, 0.6) is 5.75 Å². The zero-order valence-corrected chi connectivity index (χ0v) is 20.2. The monoisotopic (exact) mass is 471 g/mol. The predicted molar refractivity (Wildman–Crippen MR) is 115 cm³/mol. The quantitative estimate of drug-likeness (QED) is 0.0944. The molecular weight excluding hydrogens is 457 g/mol. The molecule has 0 bridgehead atoms. The van der Waals surface area contributed by atoms with Gasteiger partial charge in [-0.3, -0.25) is 4.79 Å². The third kappa shape index (κ3) is 6.56. The second kappa shape index (κ2) is 11.0. The number of anilines is 1. The van der Waals surface area contributed by atoms with Gasteiger partial charge in [-0.15, -0.1) is 0 Å².